The molecule has 0 radical (unpaired) electrons. The van der Waals surface area contributed by atoms with Gasteiger partial charge in [-0.25, -0.2) is 18.6 Å². The van der Waals surface area contributed by atoms with Gasteiger partial charge in [0.2, 0.25) is 0 Å². The van der Waals surface area contributed by atoms with Gasteiger partial charge in [-0.15, -0.1) is 0 Å². The Morgan fingerprint density at radius 2 is 2.06 bits per heavy atom. The van der Waals surface area contributed by atoms with Crippen LogP contribution >= 0.6 is 11.6 Å². The fraction of sp³-hybridized carbons (Fsp3) is 0.417. The Morgan fingerprint density at radius 1 is 1.31 bits per heavy atom. The molecule has 3 heterocycles. The van der Waals surface area contributed by atoms with Crippen LogP contribution in [0.3, 0.4) is 0 Å². The van der Waals surface area contributed by atoms with Crippen LogP contribution in [0.2, 0.25) is 30.7 Å². The summed E-state index contributed by atoms with van der Waals surface area (Å²) in [6.07, 6.45) is 3.79. The van der Waals surface area contributed by atoms with Gasteiger partial charge in [0.15, 0.2) is 17.4 Å². The highest BCUT2D eigenvalue weighted by Gasteiger charge is 2.21. The number of anilines is 1. The zero-order chi connectivity index (χ0) is 25.9. The number of pyridine rings is 1. The van der Waals surface area contributed by atoms with Crippen molar-refractivity contribution in [2.45, 2.75) is 44.9 Å². The number of aromatic nitrogens is 2. The molecule has 2 N–H and O–H groups in total. The van der Waals surface area contributed by atoms with Crippen molar-refractivity contribution in [1.29, 1.82) is 0 Å². The molecule has 194 valence electrons. The first-order chi connectivity index (χ1) is 17.1. The molecule has 1 aromatic carbocycles. The van der Waals surface area contributed by atoms with E-state index in [2.05, 4.69) is 35.3 Å². The van der Waals surface area contributed by atoms with Crippen LogP contribution in [0.15, 0.2) is 30.6 Å². The van der Waals surface area contributed by atoms with Gasteiger partial charge >= 0.3 is 6.03 Å². The summed E-state index contributed by atoms with van der Waals surface area (Å²) in [5.41, 5.74) is 0.422. The van der Waals surface area contributed by atoms with Gasteiger partial charge in [-0.05, 0) is 18.5 Å². The van der Waals surface area contributed by atoms with Gasteiger partial charge in [0.1, 0.15) is 18.1 Å². The molecule has 0 spiro atoms. The third-order valence-electron chi connectivity index (χ3n) is 5.63. The van der Waals surface area contributed by atoms with Crippen molar-refractivity contribution >= 4 is 42.4 Å². The maximum atomic E-state index is 14.8. The summed E-state index contributed by atoms with van der Waals surface area (Å²) in [6.45, 7) is 8.62. The number of benzene rings is 1. The van der Waals surface area contributed by atoms with E-state index < -0.39 is 31.5 Å². The van der Waals surface area contributed by atoms with Gasteiger partial charge < -0.3 is 29.4 Å². The molecule has 3 aromatic rings. The normalized spacial score (nSPS) is 15.9. The lowest BCUT2D eigenvalue weighted by Gasteiger charge is -2.15. The van der Waals surface area contributed by atoms with Gasteiger partial charge in [-0.3, -0.25) is 0 Å². The average Bonchev–Trinajstić information content (AvgIpc) is 3.41. The second kappa shape index (κ2) is 11.1. The van der Waals surface area contributed by atoms with Crippen molar-refractivity contribution in [1.82, 2.24) is 14.9 Å². The standard InChI is InChI=1S/C24H29ClF2N4O4Si/c1-36(2,3)9-8-34-14-31-12-17(25)21-20(4-6-28-23(21)31)35-22-18(26)10-16(11-19(22)27)30-24(32)29-15-5-7-33-13-15/h4,6,10-12,15H,5,7-9,13-14H2,1-3H3,(H2,29,30,32)/t15-/m1/s1. The zero-order valence-corrected chi connectivity index (χ0v) is 22.1. The smallest absolute Gasteiger partial charge is 0.319 e. The molecule has 1 aliphatic rings. The summed E-state index contributed by atoms with van der Waals surface area (Å²) in [5.74, 6) is -2.44. The maximum Gasteiger partial charge on any atom is 0.319 e. The van der Waals surface area contributed by atoms with Crippen molar-refractivity contribution < 1.29 is 27.8 Å². The minimum absolute atomic E-state index is 0.0479. The van der Waals surface area contributed by atoms with E-state index in [1.54, 1.807) is 10.8 Å². The number of nitrogens with one attached hydrogen (secondary N) is 2. The zero-order valence-electron chi connectivity index (χ0n) is 20.4. The fourth-order valence-electron chi connectivity index (χ4n) is 3.70. The van der Waals surface area contributed by atoms with E-state index in [0.29, 0.717) is 42.3 Å². The third kappa shape index (κ3) is 6.52. The highest BCUT2D eigenvalue weighted by molar-refractivity contribution is 6.76. The summed E-state index contributed by atoms with van der Waals surface area (Å²) in [4.78, 5) is 16.5. The maximum absolute atomic E-state index is 14.8. The summed E-state index contributed by atoms with van der Waals surface area (Å²) in [5, 5.41) is 5.84. The van der Waals surface area contributed by atoms with Crippen LogP contribution in [0.4, 0.5) is 19.3 Å². The van der Waals surface area contributed by atoms with E-state index in [1.807, 2.05) is 0 Å². The SMILES string of the molecule is C[Si](C)(C)CCOCn1cc(Cl)c2c(Oc3c(F)cc(NC(=O)N[C@@H]4CCOC4)cc3F)ccnc21. The highest BCUT2D eigenvalue weighted by Crippen LogP contribution is 2.37. The Bertz CT molecular complexity index is 1220. The number of halogens is 3. The predicted molar refractivity (Wildman–Crippen MR) is 137 cm³/mol. The second-order valence-corrected chi connectivity index (χ2v) is 15.9. The molecular formula is C24H29ClF2N4O4Si. The van der Waals surface area contributed by atoms with Gasteiger partial charge in [0.25, 0.3) is 0 Å². The first kappa shape index (κ1) is 26.3. The number of rotatable bonds is 9. The first-order valence-electron chi connectivity index (χ1n) is 11.6. The number of hydrogen-bond acceptors (Lipinski definition) is 5. The molecule has 2 amide bonds. The molecule has 2 aromatic heterocycles. The van der Waals surface area contributed by atoms with Crippen molar-refractivity contribution in [3.63, 3.8) is 0 Å². The molecule has 8 nitrogen and oxygen atoms in total. The monoisotopic (exact) mass is 538 g/mol. The fourth-order valence-corrected chi connectivity index (χ4v) is 4.76. The summed E-state index contributed by atoms with van der Waals surface area (Å²) in [7, 11) is -1.23. The van der Waals surface area contributed by atoms with Crippen LogP contribution in [-0.4, -0.2) is 49.5 Å². The first-order valence-corrected chi connectivity index (χ1v) is 15.7. The molecule has 0 unspecified atom stereocenters. The quantitative estimate of drug-likeness (QED) is 0.258. The molecule has 0 bridgehead atoms. The predicted octanol–water partition coefficient (Wildman–Crippen LogP) is 5.98. The third-order valence-corrected chi connectivity index (χ3v) is 7.62. The molecule has 36 heavy (non-hydrogen) atoms. The Labute approximate surface area is 213 Å². The van der Waals surface area contributed by atoms with E-state index in [0.717, 1.165) is 18.2 Å². The number of ether oxygens (including phenoxy) is 3. The Balaban J connectivity index is 1.48. The van der Waals surface area contributed by atoms with Crippen molar-refractivity contribution in [2.75, 3.05) is 25.1 Å². The number of hydrogen-bond donors (Lipinski definition) is 2. The van der Waals surface area contributed by atoms with Gasteiger partial charge in [0, 0.05) is 51.5 Å². The van der Waals surface area contributed by atoms with Crippen LogP contribution in [-0.2, 0) is 16.2 Å². The van der Waals surface area contributed by atoms with Crippen molar-refractivity contribution in [3.8, 4) is 11.5 Å². The van der Waals surface area contributed by atoms with Gasteiger partial charge in [-0.2, -0.15) is 0 Å². The van der Waals surface area contributed by atoms with E-state index in [-0.39, 0.29) is 24.2 Å². The Kier molecular flexibility index (Phi) is 8.13. The molecular weight excluding hydrogens is 510 g/mol. The second-order valence-electron chi connectivity index (χ2n) is 9.83. The van der Waals surface area contributed by atoms with Crippen LogP contribution in [0, 0.1) is 11.6 Å². The number of urea groups is 1. The lowest BCUT2D eigenvalue weighted by Crippen LogP contribution is -2.38. The van der Waals surface area contributed by atoms with Crippen LogP contribution in [0.1, 0.15) is 6.42 Å². The molecule has 12 heteroatoms. The minimum Gasteiger partial charge on any atom is -0.450 e. The topological polar surface area (TPSA) is 86.6 Å². The summed E-state index contributed by atoms with van der Waals surface area (Å²) >= 11 is 6.43. The number of fused-ring (bicyclic) bond motifs is 1. The van der Waals surface area contributed by atoms with Crippen LogP contribution in [0.25, 0.3) is 11.0 Å². The van der Waals surface area contributed by atoms with Gasteiger partial charge in [-0.1, -0.05) is 31.2 Å². The van der Waals surface area contributed by atoms with Crippen LogP contribution < -0.4 is 15.4 Å². The number of carbonyl (C=O) groups excluding carboxylic acids is 1. The Hall–Kier alpha value is -2.73. The molecule has 1 atom stereocenters. The van der Waals surface area contributed by atoms with E-state index >= 15 is 0 Å². The average molecular weight is 539 g/mol. The van der Waals surface area contributed by atoms with E-state index in [4.69, 9.17) is 25.8 Å². The number of carbonyl (C=O) groups is 1. The summed E-state index contributed by atoms with van der Waals surface area (Å²) in [6, 6.07) is 3.75. The lowest BCUT2D eigenvalue weighted by molar-refractivity contribution is 0.0899. The molecule has 1 aliphatic heterocycles. The van der Waals surface area contributed by atoms with E-state index in [1.165, 1.54) is 12.3 Å². The van der Waals surface area contributed by atoms with E-state index in [9.17, 15) is 13.6 Å². The van der Waals surface area contributed by atoms with Gasteiger partial charge in [0.05, 0.1) is 23.1 Å². The molecule has 1 fully saturated rings. The van der Waals surface area contributed by atoms with Crippen molar-refractivity contribution in [2.24, 2.45) is 0 Å². The molecule has 1 saturated heterocycles. The highest BCUT2D eigenvalue weighted by atomic mass is 35.5. The number of amides is 2. The molecule has 0 saturated carbocycles. The lowest BCUT2D eigenvalue weighted by atomic mass is 10.2. The van der Waals surface area contributed by atoms with Crippen molar-refractivity contribution in [3.05, 3.63) is 47.2 Å². The molecule has 4 rings (SSSR count). The Morgan fingerprint density at radius 3 is 2.72 bits per heavy atom. The number of nitrogens with zero attached hydrogens (tertiary/aromatic N) is 2. The summed E-state index contributed by atoms with van der Waals surface area (Å²) < 4.78 is 48.0. The molecule has 0 aliphatic carbocycles. The minimum atomic E-state index is -1.23. The van der Waals surface area contributed by atoms with Crippen LogP contribution in [0.5, 0.6) is 11.5 Å². The largest absolute Gasteiger partial charge is 0.450 e.